The summed E-state index contributed by atoms with van der Waals surface area (Å²) in [5.74, 6) is 1.20. The van der Waals surface area contributed by atoms with Gasteiger partial charge in [0, 0.05) is 18.9 Å². The summed E-state index contributed by atoms with van der Waals surface area (Å²) in [5.41, 5.74) is 0. The number of hydrogen-bond donors (Lipinski definition) is 1. The minimum Gasteiger partial charge on any atom is -0.381 e. The Morgan fingerprint density at radius 2 is 2.27 bits per heavy atom. The highest BCUT2D eigenvalue weighted by atomic mass is 32.2. The molecule has 0 aromatic heterocycles. The quantitative estimate of drug-likeness (QED) is 0.785. The molecule has 0 aromatic rings. The van der Waals surface area contributed by atoms with Crippen LogP contribution in [0.4, 0.5) is 0 Å². The van der Waals surface area contributed by atoms with Crippen molar-refractivity contribution in [1.29, 1.82) is 0 Å². The van der Waals surface area contributed by atoms with Gasteiger partial charge in [0.2, 0.25) is 0 Å². The molecule has 1 saturated carbocycles. The average Bonchev–Trinajstić information content (AvgIpc) is 2.65. The van der Waals surface area contributed by atoms with E-state index in [1.54, 1.807) is 7.11 Å². The fraction of sp³-hybridized carbons (Fsp3) is 0.909. The monoisotopic (exact) mass is 228 g/mol. The number of ether oxygens (including phenoxy) is 1. The van der Waals surface area contributed by atoms with Crippen molar-refractivity contribution in [2.24, 2.45) is 4.99 Å². The summed E-state index contributed by atoms with van der Waals surface area (Å²) >= 11 is 1.86. The van der Waals surface area contributed by atoms with Crippen molar-refractivity contribution in [3.63, 3.8) is 0 Å². The lowest BCUT2D eigenvalue weighted by Gasteiger charge is -2.22. The van der Waals surface area contributed by atoms with E-state index >= 15 is 0 Å². The summed E-state index contributed by atoms with van der Waals surface area (Å²) in [6, 6.07) is 1.07. The summed E-state index contributed by atoms with van der Waals surface area (Å²) in [5, 5.41) is 4.60. The molecule has 2 fully saturated rings. The van der Waals surface area contributed by atoms with Crippen LogP contribution in [-0.2, 0) is 4.74 Å². The minimum atomic E-state index is 0.436. The molecule has 2 rings (SSSR count). The molecule has 4 heteroatoms. The van der Waals surface area contributed by atoms with E-state index in [4.69, 9.17) is 9.73 Å². The zero-order chi connectivity index (χ0) is 10.7. The summed E-state index contributed by atoms with van der Waals surface area (Å²) < 4.78 is 5.36. The van der Waals surface area contributed by atoms with Gasteiger partial charge in [-0.1, -0.05) is 11.8 Å². The second kappa shape index (κ2) is 5.21. The number of hydrogen-bond acceptors (Lipinski definition) is 3. The van der Waals surface area contributed by atoms with Gasteiger partial charge < -0.3 is 10.1 Å². The number of nitrogens with one attached hydrogen (secondary N) is 1. The molecule has 2 aliphatic rings. The average molecular weight is 228 g/mol. The Hall–Kier alpha value is -0.220. The van der Waals surface area contributed by atoms with E-state index in [2.05, 4.69) is 12.2 Å². The van der Waals surface area contributed by atoms with Gasteiger partial charge in [-0.15, -0.1) is 0 Å². The van der Waals surface area contributed by atoms with Crippen LogP contribution in [0.2, 0.25) is 0 Å². The highest BCUT2D eigenvalue weighted by Gasteiger charge is 2.25. The van der Waals surface area contributed by atoms with Gasteiger partial charge >= 0.3 is 0 Å². The van der Waals surface area contributed by atoms with Crippen LogP contribution in [0.1, 0.15) is 32.6 Å². The zero-order valence-corrected chi connectivity index (χ0v) is 10.3. The lowest BCUT2D eigenvalue weighted by Crippen LogP contribution is -2.36. The molecule has 0 spiro atoms. The smallest absolute Gasteiger partial charge is 0.157 e. The Morgan fingerprint density at radius 1 is 1.40 bits per heavy atom. The molecule has 3 unspecified atom stereocenters. The van der Waals surface area contributed by atoms with Gasteiger partial charge in [-0.2, -0.15) is 0 Å². The van der Waals surface area contributed by atoms with E-state index < -0.39 is 0 Å². The summed E-state index contributed by atoms with van der Waals surface area (Å²) in [6.45, 7) is 2.22. The minimum absolute atomic E-state index is 0.436. The Morgan fingerprint density at radius 3 is 2.93 bits per heavy atom. The third kappa shape index (κ3) is 3.11. The number of nitrogens with zero attached hydrogens (tertiary/aromatic N) is 1. The van der Waals surface area contributed by atoms with Gasteiger partial charge in [0.15, 0.2) is 5.17 Å². The molecule has 15 heavy (non-hydrogen) atoms. The Labute approximate surface area is 96.1 Å². The van der Waals surface area contributed by atoms with Gasteiger partial charge in [0.05, 0.1) is 12.1 Å². The molecule has 0 amide bonds. The number of aliphatic imine (C=N–C) groups is 1. The molecule has 0 bridgehead atoms. The van der Waals surface area contributed by atoms with Crippen LogP contribution in [-0.4, -0.2) is 36.2 Å². The molecule has 1 saturated heterocycles. The predicted octanol–water partition coefficient (Wildman–Crippen LogP) is 2.02. The zero-order valence-electron chi connectivity index (χ0n) is 9.53. The molecule has 3 nitrogen and oxygen atoms in total. The molecule has 1 aliphatic heterocycles. The van der Waals surface area contributed by atoms with Crippen molar-refractivity contribution in [2.75, 3.05) is 12.9 Å². The predicted molar refractivity (Wildman–Crippen MR) is 65.5 cm³/mol. The fourth-order valence-electron chi connectivity index (χ4n) is 2.15. The van der Waals surface area contributed by atoms with Crippen molar-refractivity contribution >= 4 is 16.9 Å². The number of rotatable bonds is 2. The topological polar surface area (TPSA) is 33.6 Å². The molecule has 1 aliphatic carbocycles. The Balaban J connectivity index is 1.87. The molecule has 0 aromatic carbocycles. The van der Waals surface area contributed by atoms with E-state index in [0.717, 1.165) is 18.0 Å². The van der Waals surface area contributed by atoms with Gasteiger partial charge in [-0.3, -0.25) is 4.99 Å². The fourth-order valence-corrected chi connectivity index (χ4v) is 3.32. The van der Waals surface area contributed by atoms with Crippen LogP contribution in [0, 0.1) is 0 Å². The third-order valence-corrected chi connectivity index (χ3v) is 4.09. The van der Waals surface area contributed by atoms with Gasteiger partial charge in [-0.25, -0.2) is 0 Å². The Bertz CT molecular complexity index is 245. The molecule has 1 N–H and O–H groups in total. The molecule has 3 atom stereocenters. The van der Waals surface area contributed by atoms with Crippen molar-refractivity contribution in [2.45, 2.75) is 50.8 Å². The van der Waals surface area contributed by atoms with Crippen LogP contribution in [0.3, 0.4) is 0 Å². The summed E-state index contributed by atoms with van der Waals surface area (Å²) in [4.78, 5) is 4.77. The second-order valence-electron chi connectivity index (χ2n) is 4.44. The largest absolute Gasteiger partial charge is 0.381 e. The molecular formula is C11H20N2OS. The maximum atomic E-state index is 5.36. The van der Waals surface area contributed by atoms with Gasteiger partial charge in [-0.05, 0) is 32.6 Å². The van der Waals surface area contributed by atoms with E-state index in [1.165, 1.54) is 18.6 Å². The highest BCUT2D eigenvalue weighted by molar-refractivity contribution is 8.13. The van der Waals surface area contributed by atoms with Crippen molar-refractivity contribution in [3.8, 4) is 0 Å². The van der Waals surface area contributed by atoms with Gasteiger partial charge in [0.1, 0.15) is 0 Å². The van der Waals surface area contributed by atoms with E-state index in [9.17, 15) is 0 Å². The molecule has 1 heterocycles. The lowest BCUT2D eigenvalue weighted by molar-refractivity contribution is 0.108. The van der Waals surface area contributed by atoms with Crippen LogP contribution >= 0.6 is 11.8 Å². The first kappa shape index (κ1) is 11.3. The van der Waals surface area contributed by atoms with Crippen LogP contribution in [0.15, 0.2) is 4.99 Å². The van der Waals surface area contributed by atoms with E-state index in [-0.39, 0.29) is 0 Å². The number of amidine groups is 1. The maximum absolute atomic E-state index is 5.36. The first-order valence-corrected chi connectivity index (χ1v) is 6.76. The highest BCUT2D eigenvalue weighted by Crippen LogP contribution is 2.25. The second-order valence-corrected chi connectivity index (χ2v) is 5.52. The SMILES string of the molecule is COC1CCC(N=C2NC(C)CCS2)C1. The van der Waals surface area contributed by atoms with Crippen molar-refractivity contribution in [1.82, 2.24) is 5.32 Å². The number of thioether (sulfide) groups is 1. The summed E-state index contributed by atoms with van der Waals surface area (Å²) in [7, 11) is 1.80. The summed E-state index contributed by atoms with van der Waals surface area (Å²) in [6.07, 6.45) is 5.12. The Kier molecular flexibility index (Phi) is 3.92. The van der Waals surface area contributed by atoms with Crippen LogP contribution < -0.4 is 5.32 Å². The van der Waals surface area contributed by atoms with Gasteiger partial charge in [0.25, 0.3) is 0 Å². The normalized spacial score (nSPS) is 39.3. The van der Waals surface area contributed by atoms with E-state index in [0.29, 0.717) is 18.2 Å². The standard InChI is InChI=1S/C11H20N2OS/c1-8-5-6-15-11(12-8)13-9-3-4-10(7-9)14-2/h8-10H,3-7H2,1-2H3,(H,12,13). The lowest BCUT2D eigenvalue weighted by atomic mass is 10.2. The van der Waals surface area contributed by atoms with E-state index in [1.807, 2.05) is 11.8 Å². The van der Waals surface area contributed by atoms with Crippen LogP contribution in [0.25, 0.3) is 0 Å². The first-order chi connectivity index (χ1) is 7.28. The maximum Gasteiger partial charge on any atom is 0.157 e. The third-order valence-electron chi connectivity index (χ3n) is 3.15. The molecule has 86 valence electrons. The molecular weight excluding hydrogens is 208 g/mol. The van der Waals surface area contributed by atoms with Crippen molar-refractivity contribution in [3.05, 3.63) is 0 Å². The number of methoxy groups -OCH3 is 1. The van der Waals surface area contributed by atoms with Crippen molar-refractivity contribution < 1.29 is 4.74 Å². The van der Waals surface area contributed by atoms with Crippen LogP contribution in [0.5, 0.6) is 0 Å². The molecule has 0 radical (unpaired) electrons. The first-order valence-electron chi connectivity index (χ1n) is 5.78.